The first-order valence-electron chi connectivity index (χ1n) is 14.7. The highest BCUT2D eigenvalue weighted by atomic mass is 16.3. The molecular formula is C32H46N6O. The second-order valence-electron chi connectivity index (χ2n) is 12.1. The van der Waals surface area contributed by atoms with Crippen LogP contribution in [0.3, 0.4) is 0 Å². The molecule has 0 aliphatic carbocycles. The number of benzene rings is 2. The van der Waals surface area contributed by atoms with Crippen molar-refractivity contribution >= 4 is 10.9 Å². The van der Waals surface area contributed by atoms with Crippen LogP contribution in [0.15, 0.2) is 48.7 Å². The highest BCUT2D eigenvalue weighted by molar-refractivity contribution is 5.78. The lowest BCUT2D eigenvalue weighted by atomic mass is 9.79. The Morgan fingerprint density at radius 3 is 2.49 bits per heavy atom. The molecule has 0 saturated carbocycles. The van der Waals surface area contributed by atoms with Gasteiger partial charge < -0.3 is 10.4 Å². The summed E-state index contributed by atoms with van der Waals surface area (Å²) in [7, 11) is 4.32. The molecule has 0 bridgehead atoms. The van der Waals surface area contributed by atoms with E-state index in [4.69, 9.17) is 9.97 Å². The Kier molecular flexibility index (Phi) is 8.52. The summed E-state index contributed by atoms with van der Waals surface area (Å²) in [5.41, 5.74) is 3.51. The van der Waals surface area contributed by atoms with Gasteiger partial charge in [-0.25, -0.2) is 9.97 Å². The summed E-state index contributed by atoms with van der Waals surface area (Å²) in [6, 6.07) is 15.7. The van der Waals surface area contributed by atoms with E-state index in [1.165, 1.54) is 11.1 Å². The van der Waals surface area contributed by atoms with Crippen molar-refractivity contribution in [2.75, 3.05) is 40.3 Å². The molecule has 2 saturated heterocycles. The largest absolute Gasteiger partial charge is 0.508 e. The van der Waals surface area contributed by atoms with Crippen LogP contribution < -0.4 is 5.32 Å². The van der Waals surface area contributed by atoms with Crippen molar-refractivity contribution in [3.63, 3.8) is 0 Å². The van der Waals surface area contributed by atoms with Gasteiger partial charge in [-0.3, -0.25) is 14.7 Å². The quantitative estimate of drug-likeness (QED) is 0.429. The number of phenols is 1. The van der Waals surface area contributed by atoms with Gasteiger partial charge in [-0.2, -0.15) is 0 Å². The van der Waals surface area contributed by atoms with Crippen molar-refractivity contribution in [2.45, 2.75) is 76.7 Å². The van der Waals surface area contributed by atoms with Crippen LogP contribution in [0.1, 0.15) is 69.4 Å². The van der Waals surface area contributed by atoms with Crippen LogP contribution in [0.2, 0.25) is 0 Å². The minimum absolute atomic E-state index is 0.0437. The third-order valence-electron chi connectivity index (χ3n) is 8.88. The van der Waals surface area contributed by atoms with Crippen LogP contribution >= 0.6 is 0 Å². The first-order chi connectivity index (χ1) is 18.8. The first kappa shape index (κ1) is 28.0. The average Bonchev–Trinajstić information content (AvgIpc) is 2.91. The molecule has 2 aromatic carbocycles. The number of piperidine rings is 1. The Balaban J connectivity index is 1.28. The normalized spacial score (nSPS) is 23.3. The predicted molar refractivity (Wildman–Crippen MR) is 159 cm³/mol. The van der Waals surface area contributed by atoms with Gasteiger partial charge in [0.25, 0.3) is 0 Å². The zero-order valence-electron chi connectivity index (χ0n) is 24.4. The lowest BCUT2D eigenvalue weighted by Crippen LogP contribution is -2.55. The predicted octanol–water partition coefficient (Wildman–Crippen LogP) is 4.91. The number of rotatable bonds is 8. The van der Waals surface area contributed by atoms with Gasteiger partial charge in [0.1, 0.15) is 11.6 Å². The number of piperazine rings is 1. The standard InChI is InChI=1S/C32H46N6O/c1-6-8-30(38-20-23(2)34-24(3)21-38)31-33-19-26-17-25(11-12-29(26)35-31)22-37-15-13-32(14-16-37,36(4)5)27-9-7-10-28(39)18-27/h7,9-12,17-19,23-24,30,34,39H,6,8,13-16,20-22H2,1-5H3/t23-,24+,30?. The fraction of sp³-hybridized carbons (Fsp3) is 0.562. The number of hydrogen-bond donors (Lipinski definition) is 2. The van der Waals surface area contributed by atoms with Gasteiger partial charge in [0.15, 0.2) is 0 Å². The lowest BCUT2D eigenvalue weighted by molar-refractivity contribution is 0.0506. The second-order valence-corrected chi connectivity index (χ2v) is 12.1. The minimum atomic E-state index is -0.0437. The van der Waals surface area contributed by atoms with Crippen molar-refractivity contribution in [1.82, 2.24) is 30.0 Å². The molecule has 2 N–H and O–H groups in total. The van der Waals surface area contributed by atoms with E-state index >= 15 is 0 Å². The molecule has 3 aromatic rings. The summed E-state index contributed by atoms with van der Waals surface area (Å²) in [5.74, 6) is 1.30. The second kappa shape index (κ2) is 11.9. The smallest absolute Gasteiger partial charge is 0.146 e. The maximum Gasteiger partial charge on any atom is 0.146 e. The van der Waals surface area contributed by atoms with E-state index in [-0.39, 0.29) is 11.6 Å². The van der Waals surface area contributed by atoms with Crippen molar-refractivity contribution < 1.29 is 5.11 Å². The number of aromatic nitrogens is 2. The molecule has 210 valence electrons. The zero-order chi connectivity index (χ0) is 27.6. The number of fused-ring (bicyclic) bond motifs is 1. The fourth-order valence-corrected chi connectivity index (χ4v) is 6.86. The molecule has 0 amide bonds. The Morgan fingerprint density at radius 1 is 1.08 bits per heavy atom. The van der Waals surface area contributed by atoms with E-state index in [0.29, 0.717) is 17.8 Å². The van der Waals surface area contributed by atoms with Gasteiger partial charge in [-0.1, -0.05) is 31.5 Å². The number of hydrogen-bond acceptors (Lipinski definition) is 7. The van der Waals surface area contributed by atoms with Crippen LogP contribution in [0, 0.1) is 0 Å². The van der Waals surface area contributed by atoms with Crippen LogP contribution in [-0.2, 0) is 12.1 Å². The van der Waals surface area contributed by atoms with Crippen molar-refractivity contribution in [2.24, 2.45) is 0 Å². The van der Waals surface area contributed by atoms with Crippen LogP contribution in [0.25, 0.3) is 10.9 Å². The molecule has 2 fully saturated rings. The van der Waals surface area contributed by atoms with Crippen molar-refractivity contribution in [3.05, 3.63) is 65.6 Å². The van der Waals surface area contributed by atoms with Crippen LogP contribution in [0.4, 0.5) is 0 Å². The number of aromatic hydroxyl groups is 1. The number of nitrogens with one attached hydrogen (secondary N) is 1. The average molecular weight is 531 g/mol. The Hall–Kier alpha value is -2.58. The molecule has 7 nitrogen and oxygen atoms in total. The highest BCUT2D eigenvalue weighted by Crippen LogP contribution is 2.39. The Bertz CT molecular complexity index is 1240. The van der Waals surface area contributed by atoms with Gasteiger partial charge in [-0.15, -0.1) is 0 Å². The maximum absolute atomic E-state index is 10.1. The van der Waals surface area contributed by atoms with Gasteiger partial charge in [0.05, 0.1) is 11.6 Å². The minimum Gasteiger partial charge on any atom is -0.508 e. The summed E-state index contributed by atoms with van der Waals surface area (Å²) in [6.45, 7) is 11.8. The molecule has 5 rings (SSSR count). The molecule has 39 heavy (non-hydrogen) atoms. The SMILES string of the molecule is CCCC(c1ncc2cc(CN3CCC(c4cccc(O)c4)(N(C)C)CC3)ccc2n1)N1C[C@@H](C)N[C@@H](C)C1. The van der Waals surface area contributed by atoms with Crippen LogP contribution in [-0.4, -0.2) is 82.1 Å². The summed E-state index contributed by atoms with van der Waals surface area (Å²) < 4.78 is 0. The van der Waals surface area contributed by atoms with E-state index in [9.17, 15) is 5.11 Å². The van der Waals surface area contributed by atoms with E-state index in [0.717, 1.165) is 75.1 Å². The Morgan fingerprint density at radius 2 is 1.82 bits per heavy atom. The van der Waals surface area contributed by atoms with Gasteiger partial charge in [0.2, 0.25) is 0 Å². The monoisotopic (exact) mass is 530 g/mol. The molecule has 3 heterocycles. The van der Waals surface area contributed by atoms with Gasteiger partial charge in [-0.05, 0) is 82.6 Å². The van der Waals surface area contributed by atoms with Gasteiger partial charge in [0, 0.05) is 61.9 Å². The molecular weight excluding hydrogens is 484 g/mol. The molecule has 2 aliphatic rings. The zero-order valence-corrected chi connectivity index (χ0v) is 24.4. The summed E-state index contributed by atoms with van der Waals surface area (Å²) in [5, 5.41) is 14.9. The van der Waals surface area contributed by atoms with E-state index < -0.39 is 0 Å². The fourth-order valence-electron chi connectivity index (χ4n) is 6.86. The highest BCUT2D eigenvalue weighted by Gasteiger charge is 2.38. The van der Waals surface area contributed by atoms with Crippen molar-refractivity contribution in [3.8, 4) is 5.75 Å². The molecule has 1 aromatic heterocycles. The summed E-state index contributed by atoms with van der Waals surface area (Å²) in [4.78, 5) is 17.4. The third kappa shape index (κ3) is 6.12. The summed E-state index contributed by atoms with van der Waals surface area (Å²) in [6.07, 6.45) is 6.30. The summed E-state index contributed by atoms with van der Waals surface area (Å²) >= 11 is 0. The first-order valence-corrected chi connectivity index (χ1v) is 14.7. The van der Waals surface area contributed by atoms with E-state index in [2.05, 4.69) is 79.1 Å². The molecule has 0 radical (unpaired) electrons. The number of phenolic OH excluding ortho intramolecular Hbond substituents is 1. The topological polar surface area (TPSA) is 67.8 Å². The van der Waals surface area contributed by atoms with Crippen molar-refractivity contribution in [1.29, 1.82) is 0 Å². The molecule has 0 spiro atoms. The van der Waals surface area contributed by atoms with E-state index in [1.807, 2.05) is 18.3 Å². The number of likely N-dealkylation sites (tertiary alicyclic amines) is 1. The van der Waals surface area contributed by atoms with E-state index in [1.54, 1.807) is 6.07 Å². The molecule has 3 atom stereocenters. The number of nitrogens with zero attached hydrogens (tertiary/aromatic N) is 5. The third-order valence-corrected chi connectivity index (χ3v) is 8.88. The molecule has 7 heteroatoms. The molecule has 2 aliphatic heterocycles. The van der Waals surface area contributed by atoms with Crippen LogP contribution in [0.5, 0.6) is 5.75 Å². The lowest BCUT2D eigenvalue weighted by Gasteiger charge is -2.46. The Labute approximate surface area is 234 Å². The van der Waals surface area contributed by atoms with Gasteiger partial charge >= 0.3 is 0 Å². The molecule has 1 unspecified atom stereocenters. The maximum atomic E-state index is 10.1.